The summed E-state index contributed by atoms with van der Waals surface area (Å²) in [6.45, 7) is 18.5. The van der Waals surface area contributed by atoms with Crippen LogP contribution in [0.3, 0.4) is 0 Å². The fourth-order valence-electron chi connectivity index (χ4n) is 10.6. The number of esters is 1. The van der Waals surface area contributed by atoms with Gasteiger partial charge in [0.15, 0.2) is 11.4 Å². The maximum Gasteiger partial charge on any atom is 0.302 e. The Balaban J connectivity index is 1.39. The first-order valence-electron chi connectivity index (χ1n) is 17.6. The van der Waals surface area contributed by atoms with Crippen molar-refractivity contribution in [3.8, 4) is 0 Å². The molecule has 0 spiro atoms. The van der Waals surface area contributed by atoms with E-state index in [-0.39, 0.29) is 39.7 Å². The van der Waals surface area contributed by atoms with Crippen molar-refractivity contribution in [2.45, 2.75) is 143 Å². The van der Waals surface area contributed by atoms with Gasteiger partial charge in [-0.3, -0.25) is 9.59 Å². The number of rotatable bonds is 9. The number of hydrogen-bond acceptors (Lipinski definition) is 8. The number of thiol groups is 1. The minimum atomic E-state index is -1.43. The fourth-order valence-corrected chi connectivity index (χ4v) is 11.0. The second-order valence-corrected chi connectivity index (χ2v) is 16.6. The van der Waals surface area contributed by atoms with Gasteiger partial charge in [0.2, 0.25) is 0 Å². The lowest BCUT2D eigenvalue weighted by Gasteiger charge is -2.61. The largest absolute Gasteiger partial charge is 0.460 e. The number of ether oxygens (including phenoxy) is 3. The van der Waals surface area contributed by atoms with E-state index in [2.05, 4.69) is 59.9 Å². The molecule has 1 aliphatic heterocycles. The van der Waals surface area contributed by atoms with Crippen molar-refractivity contribution >= 4 is 23.7 Å². The van der Waals surface area contributed by atoms with Gasteiger partial charge in [-0.25, -0.2) is 0 Å². The molecule has 8 nitrogen and oxygen atoms in total. The van der Waals surface area contributed by atoms with E-state index in [1.54, 1.807) is 6.92 Å². The highest BCUT2D eigenvalue weighted by atomic mass is 32.1. The first kappa shape index (κ1) is 36.1. The summed E-state index contributed by atoms with van der Waals surface area (Å²) in [6, 6.07) is 0. The molecule has 0 aromatic carbocycles. The van der Waals surface area contributed by atoms with Gasteiger partial charge in [-0.2, -0.15) is 0 Å². The van der Waals surface area contributed by atoms with Gasteiger partial charge in [-0.1, -0.05) is 58.4 Å². The zero-order chi connectivity index (χ0) is 33.9. The van der Waals surface area contributed by atoms with Crippen molar-refractivity contribution in [3.63, 3.8) is 0 Å². The SMILES string of the molecule is C=C(CC[C@@H](C(=O)S)[C@H]1CC[C@H]2C3=CCC4[C@H](C)[C@@H](O[C@@H]5O[C@@H](C)[C@H](O)[C@@H](O)[C@@H]5O)[C@H](OC(C)=O)C[C@]4(C)[C@H]3CC[C@]12C)C(C)C. The topological polar surface area (TPSA) is 123 Å². The van der Waals surface area contributed by atoms with Crippen LogP contribution in [-0.2, 0) is 23.8 Å². The Morgan fingerprint density at radius 3 is 2.37 bits per heavy atom. The molecule has 4 aliphatic carbocycles. The Bertz CT molecular complexity index is 1200. The van der Waals surface area contributed by atoms with Crippen LogP contribution in [0.1, 0.15) is 99.8 Å². The minimum Gasteiger partial charge on any atom is -0.460 e. The smallest absolute Gasteiger partial charge is 0.302 e. The Labute approximate surface area is 281 Å². The first-order valence-corrected chi connectivity index (χ1v) is 18.1. The molecule has 15 atom stereocenters. The second kappa shape index (κ2) is 13.6. The van der Waals surface area contributed by atoms with Crippen LogP contribution < -0.4 is 0 Å². The van der Waals surface area contributed by atoms with Gasteiger partial charge >= 0.3 is 5.97 Å². The summed E-state index contributed by atoms with van der Waals surface area (Å²) < 4.78 is 18.2. The highest BCUT2D eigenvalue weighted by Gasteiger charge is 2.62. The Kier molecular flexibility index (Phi) is 10.6. The summed E-state index contributed by atoms with van der Waals surface area (Å²) in [5, 5.41) is 31.4. The average Bonchev–Trinajstić information content (AvgIpc) is 3.32. The zero-order valence-corrected chi connectivity index (χ0v) is 29.7. The van der Waals surface area contributed by atoms with Crippen LogP contribution in [0.15, 0.2) is 23.8 Å². The molecule has 0 amide bonds. The maximum atomic E-state index is 13.0. The van der Waals surface area contributed by atoms with Gasteiger partial charge < -0.3 is 29.5 Å². The van der Waals surface area contributed by atoms with Crippen LogP contribution in [-0.4, -0.2) is 69.3 Å². The summed E-state index contributed by atoms with van der Waals surface area (Å²) in [6.07, 6.45) is 2.81. The number of carbonyl (C=O) groups excluding carboxylic acids is 2. The van der Waals surface area contributed by atoms with Crippen LogP contribution >= 0.6 is 12.6 Å². The Morgan fingerprint density at radius 2 is 1.74 bits per heavy atom. The van der Waals surface area contributed by atoms with Gasteiger partial charge in [0.1, 0.15) is 30.5 Å². The van der Waals surface area contributed by atoms with Crippen LogP contribution in [0.4, 0.5) is 0 Å². The lowest BCUT2D eigenvalue weighted by atomic mass is 9.45. The molecule has 46 heavy (non-hydrogen) atoms. The monoisotopic (exact) mass is 662 g/mol. The summed E-state index contributed by atoms with van der Waals surface area (Å²) in [7, 11) is 0. The van der Waals surface area contributed by atoms with E-state index in [0.717, 1.165) is 44.9 Å². The van der Waals surface area contributed by atoms with Gasteiger partial charge in [-0.15, -0.1) is 12.6 Å². The van der Waals surface area contributed by atoms with E-state index < -0.39 is 42.9 Å². The van der Waals surface area contributed by atoms with E-state index in [1.807, 2.05) is 0 Å². The van der Waals surface area contributed by atoms with E-state index in [9.17, 15) is 24.9 Å². The van der Waals surface area contributed by atoms with Crippen molar-refractivity contribution < 1.29 is 39.1 Å². The predicted molar refractivity (Wildman–Crippen MR) is 179 cm³/mol. The van der Waals surface area contributed by atoms with E-state index in [1.165, 1.54) is 18.1 Å². The van der Waals surface area contributed by atoms with Crippen molar-refractivity contribution in [1.29, 1.82) is 0 Å². The van der Waals surface area contributed by atoms with Gasteiger partial charge in [0.05, 0.1) is 6.10 Å². The standard InChI is InChI=1S/C37H58O8S/c1-18(2)19(3)9-10-24(34(42)46)27-14-13-26-23-11-12-25-20(4)33(45-35-32(41)31(40)30(39)21(5)43-35)29(44-22(6)38)17-37(25,8)28(23)15-16-36(26,27)7/h11,18,20-21,24-33,35,39-41H,3,9-10,12-17H2,1-2,4-8H3,(H,42,46)/t20-,21-,24+,25?,26-,27+,28-,29+,30-,31+,32-,33+,35-,36-,37-/m0/s1. The molecule has 3 saturated carbocycles. The third-order valence-corrected chi connectivity index (χ3v) is 13.7. The summed E-state index contributed by atoms with van der Waals surface area (Å²) in [5.41, 5.74) is 2.62. The molecule has 0 radical (unpaired) electrons. The molecular weight excluding hydrogens is 604 g/mol. The van der Waals surface area contributed by atoms with Crippen LogP contribution in [0.25, 0.3) is 0 Å². The van der Waals surface area contributed by atoms with Crippen LogP contribution in [0, 0.1) is 52.3 Å². The summed E-state index contributed by atoms with van der Waals surface area (Å²) in [5.74, 6) is 1.22. The molecular formula is C37H58O8S. The average molecular weight is 663 g/mol. The summed E-state index contributed by atoms with van der Waals surface area (Å²) >= 11 is 4.42. The minimum absolute atomic E-state index is 0.00932. The molecule has 0 bridgehead atoms. The van der Waals surface area contributed by atoms with E-state index >= 15 is 0 Å². The maximum absolute atomic E-state index is 13.0. The molecule has 1 heterocycles. The van der Waals surface area contributed by atoms with Gasteiger partial charge in [0, 0.05) is 12.8 Å². The van der Waals surface area contributed by atoms with E-state index in [4.69, 9.17) is 14.2 Å². The molecule has 1 saturated heterocycles. The molecule has 260 valence electrons. The van der Waals surface area contributed by atoms with Crippen molar-refractivity contribution in [3.05, 3.63) is 23.8 Å². The highest BCUT2D eigenvalue weighted by Crippen LogP contribution is 2.68. The molecule has 0 aromatic heterocycles. The number of aliphatic hydroxyl groups excluding tert-OH is 3. The zero-order valence-electron chi connectivity index (χ0n) is 28.9. The van der Waals surface area contributed by atoms with Gasteiger partial charge in [-0.05, 0) is 105 Å². The predicted octanol–water partition coefficient (Wildman–Crippen LogP) is 5.63. The number of aliphatic hydroxyl groups is 3. The van der Waals surface area contributed by atoms with Crippen LogP contribution in [0.2, 0.25) is 0 Å². The van der Waals surface area contributed by atoms with Crippen molar-refractivity contribution in [2.75, 3.05) is 0 Å². The van der Waals surface area contributed by atoms with Gasteiger partial charge in [0.25, 0.3) is 0 Å². The lowest BCUT2D eigenvalue weighted by Crippen LogP contribution is -2.62. The third-order valence-electron chi connectivity index (χ3n) is 13.4. The second-order valence-electron chi connectivity index (χ2n) is 16.2. The van der Waals surface area contributed by atoms with Crippen molar-refractivity contribution in [2.24, 2.45) is 52.3 Å². The molecule has 5 rings (SSSR count). The number of allylic oxidation sites excluding steroid dienone is 3. The van der Waals surface area contributed by atoms with E-state index in [0.29, 0.717) is 30.1 Å². The fraction of sp³-hybridized carbons (Fsp3) is 0.838. The molecule has 3 N–H and O–H groups in total. The van der Waals surface area contributed by atoms with Crippen molar-refractivity contribution in [1.82, 2.24) is 0 Å². The Morgan fingerprint density at radius 1 is 1.07 bits per heavy atom. The number of hydrogen-bond donors (Lipinski definition) is 4. The highest BCUT2D eigenvalue weighted by molar-refractivity contribution is 7.96. The quantitative estimate of drug-likeness (QED) is 0.142. The normalized spacial score (nSPS) is 46.0. The summed E-state index contributed by atoms with van der Waals surface area (Å²) in [4.78, 5) is 25.4. The molecule has 4 fully saturated rings. The molecule has 0 aromatic rings. The van der Waals surface area contributed by atoms with Crippen LogP contribution in [0.5, 0.6) is 0 Å². The first-order chi connectivity index (χ1) is 21.5. The number of carbonyl (C=O) groups is 2. The lowest BCUT2D eigenvalue weighted by molar-refractivity contribution is -0.323. The molecule has 9 heteroatoms. The third kappa shape index (κ3) is 6.31. The Hall–Kier alpha value is -1.23. The molecule has 1 unspecified atom stereocenters. The molecule has 5 aliphatic rings. The number of fused-ring (bicyclic) bond motifs is 5.